The van der Waals surface area contributed by atoms with Crippen molar-refractivity contribution in [1.82, 2.24) is 0 Å². The summed E-state index contributed by atoms with van der Waals surface area (Å²) in [4.78, 5) is 25.6. The molecule has 1 heterocycles. The van der Waals surface area contributed by atoms with Gasteiger partial charge in [0.05, 0.1) is 19.1 Å². The van der Waals surface area contributed by atoms with Crippen LogP contribution in [0.1, 0.15) is 18.0 Å². The minimum Gasteiger partial charge on any atom is -0.497 e. The van der Waals surface area contributed by atoms with Crippen LogP contribution >= 0.6 is 0 Å². The lowest BCUT2D eigenvalue weighted by molar-refractivity contribution is -0.142. The minimum atomic E-state index is -0.955. The molecule has 5 heteroatoms. The van der Waals surface area contributed by atoms with E-state index in [1.807, 2.05) is 30.3 Å². The number of aliphatic carboxylic acids is 1. The van der Waals surface area contributed by atoms with Crippen LogP contribution in [0.4, 0.5) is 5.69 Å². The Morgan fingerprint density at radius 1 is 1.13 bits per heavy atom. The Kier molecular flexibility index (Phi) is 4.02. The van der Waals surface area contributed by atoms with E-state index in [4.69, 9.17) is 4.74 Å². The standard InChI is InChI=1S/C18H17NO4/c1-23-14-9-7-13(8-10-14)19-16(20)11-15(18(21)22)17(19)12-5-3-2-4-6-12/h2-10,15,17H,11H2,1H3,(H,21,22)/t15-,17+/m1/s1. The largest absolute Gasteiger partial charge is 0.497 e. The Morgan fingerprint density at radius 3 is 2.35 bits per heavy atom. The normalized spacial score (nSPS) is 20.6. The average Bonchev–Trinajstić information content (AvgIpc) is 2.93. The van der Waals surface area contributed by atoms with Crippen LogP contribution in [-0.4, -0.2) is 24.1 Å². The lowest BCUT2D eigenvalue weighted by Crippen LogP contribution is -2.30. The molecule has 23 heavy (non-hydrogen) atoms. The van der Waals surface area contributed by atoms with E-state index in [1.54, 1.807) is 36.3 Å². The van der Waals surface area contributed by atoms with Gasteiger partial charge < -0.3 is 14.7 Å². The zero-order valence-corrected chi connectivity index (χ0v) is 12.7. The topological polar surface area (TPSA) is 66.8 Å². The van der Waals surface area contributed by atoms with Crippen molar-refractivity contribution in [3.05, 3.63) is 60.2 Å². The number of methoxy groups -OCH3 is 1. The summed E-state index contributed by atoms with van der Waals surface area (Å²) in [5.41, 5.74) is 1.50. The van der Waals surface area contributed by atoms with Crippen LogP contribution in [0, 0.1) is 5.92 Å². The molecule has 5 nitrogen and oxygen atoms in total. The molecule has 0 bridgehead atoms. The molecule has 1 N–H and O–H groups in total. The third-order valence-corrected chi connectivity index (χ3v) is 4.13. The first kappa shape index (κ1) is 15.1. The van der Waals surface area contributed by atoms with Gasteiger partial charge in [0.15, 0.2) is 0 Å². The maximum absolute atomic E-state index is 12.5. The molecule has 0 unspecified atom stereocenters. The lowest BCUT2D eigenvalue weighted by atomic mass is 9.93. The van der Waals surface area contributed by atoms with Gasteiger partial charge in [-0.3, -0.25) is 9.59 Å². The summed E-state index contributed by atoms with van der Waals surface area (Å²) in [7, 11) is 1.57. The number of anilines is 1. The summed E-state index contributed by atoms with van der Waals surface area (Å²) in [6.07, 6.45) is 0.000916. The Hall–Kier alpha value is -2.82. The molecule has 2 aromatic carbocycles. The second kappa shape index (κ2) is 6.12. The fraction of sp³-hybridized carbons (Fsp3) is 0.222. The van der Waals surface area contributed by atoms with Gasteiger partial charge in [0, 0.05) is 12.1 Å². The summed E-state index contributed by atoms with van der Waals surface area (Å²) >= 11 is 0. The fourth-order valence-corrected chi connectivity index (χ4v) is 3.03. The van der Waals surface area contributed by atoms with Crippen molar-refractivity contribution < 1.29 is 19.4 Å². The Balaban J connectivity index is 2.04. The Bertz CT molecular complexity index is 712. The SMILES string of the molecule is COc1ccc(N2C(=O)C[C@@H](C(=O)O)[C@@H]2c2ccccc2)cc1. The number of hydrogen-bond acceptors (Lipinski definition) is 3. The molecule has 1 amide bonds. The number of carbonyl (C=O) groups is 2. The summed E-state index contributed by atoms with van der Waals surface area (Å²) in [5.74, 6) is -1.21. The molecular weight excluding hydrogens is 294 g/mol. The van der Waals surface area contributed by atoms with Crippen LogP contribution in [0.25, 0.3) is 0 Å². The molecule has 118 valence electrons. The number of benzene rings is 2. The summed E-state index contributed by atoms with van der Waals surface area (Å²) in [6.45, 7) is 0. The maximum Gasteiger partial charge on any atom is 0.309 e. The minimum absolute atomic E-state index is 0.000916. The summed E-state index contributed by atoms with van der Waals surface area (Å²) < 4.78 is 5.13. The van der Waals surface area contributed by atoms with E-state index in [1.165, 1.54) is 0 Å². The molecule has 3 rings (SSSR count). The van der Waals surface area contributed by atoms with E-state index in [2.05, 4.69) is 0 Å². The van der Waals surface area contributed by atoms with Gasteiger partial charge >= 0.3 is 5.97 Å². The van der Waals surface area contributed by atoms with Crippen LogP contribution in [0.5, 0.6) is 5.75 Å². The fourth-order valence-electron chi connectivity index (χ4n) is 3.03. The average molecular weight is 311 g/mol. The highest BCUT2D eigenvalue weighted by atomic mass is 16.5. The van der Waals surface area contributed by atoms with Crippen molar-refractivity contribution >= 4 is 17.6 Å². The summed E-state index contributed by atoms with van der Waals surface area (Å²) in [6, 6.07) is 15.9. The van der Waals surface area contributed by atoms with E-state index in [9.17, 15) is 14.7 Å². The highest BCUT2D eigenvalue weighted by molar-refractivity contribution is 6.00. The summed E-state index contributed by atoms with van der Waals surface area (Å²) in [5, 5.41) is 9.51. The third-order valence-electron chi connectivity index (χ3n) is 4.13. The van der Waals surface area contributed by atoms with Gasteiger partial charge in [0.2, 0.25) is 5.91 Å². The van der Waals surface area contributed by atoms with Gasteiger partial charge in [0.25, 0.3) is 0 Å². The third kappa shape index (κ3) is 2.77. The zero-order chi connectivity index (χ0) is 16.4. The number of ether oxygens (including phenoxy) is 1. The number of rotatable bonds is 4. The van der Waals surface area contributed by atoms with E-state index < -0.39 is 17.9 Å². The molecule has 0 radical (unpaired) electrons. The van der Waals surface area contributed by atoms with Crippen molar-refractivity contribution in [2.24, 2.45) is 5.92 Å². The molecule has 1 saturated heterocycles. The number of amides is 1. The molecule has 2 aromatic rings. The molecule has 1 aliphatic rings. The molecule has 1 aliphatic heterocycles. The predicted octanol–water partition coefficient (Wildman–Crippen LogP) is 2.87. The number of hydrogen-bond donors (Lipinski definition) is 1. The second-order valence-electron chi connectivity index (χ2n) is 5.47. The monoisotopic (exact) mass is 311 g/mol. The van der Waals surface area contributed by atoms with Crippen molar-refractivity contribution in [1.29, 1.82) is 0 Å². The van der Waals surface area contributed by atoms with Crippen LogP contribution in [0.15, 0.2) is 54.6 Å². The van der Waals surface area contributed by atoms with Gasteiger partial charge in [-0.15, -0.1) is 0 Å². The van der Waals surface area contributed by atoms with E-state index in [0.717, 1.165) is 5.56 Å². The van der Waals surface area contributed by atoms with E-state index >= 15 is 0 Å². The van der Waals surface area contributed by atoms with Gasteiger partial charge in [-0.1, -0.05) is 30.3 Å². The van der Waals surface area contributed by atoms with E-state index in [0.29, 0.717) is 11.4 Å². The van der Waals surface area contributed by atoms with Gasteiger partial charge in [-0.05, 0) is 29.8 Å². The molecule has 2 atom stereocenters. The number of carboxylic acid groups (broad SMARTS) is 1. The van der Waals surface area contributed by atoms with Crippen molar-refractivity contribution in [3.8, 4) is 5.75 Å². The van der Waals surface area contributed by atoms with Crippen molar-refractivity contribution in [3.63, 3.8) is 0 Å². The van der Waals surface area contributed by atoms with Gasteiger partial charge in [-0.2, -0.15) is 0 Å². The van der Waals surface area contributed by atoms with Gasteiger partial charge in [-0.25, -0.2) is 0 Å². The van der Waals surface area contributed by atoms with Crippen molar-refractivity contribution in [2.45, 2.75) is 12.5 Å². The predicted molar refractivity (Wildman–Crippen MR) is 85.4 cm³/mol. The Labute approximate surface area is 134 Å². The van der Waals surface area contributed by atoms with E-state index in [-0.39, 0.29) is 12.3 Å². The molecule has 1 fully saturated rings. The molecule has 0 aliphatic carbocycles. The highest BCUT2D eigenvalue weighted by Gasteiger charge is 2.45. The first-order chi connectivity index (χ1) is 11.1. The van der Waals surface area contributed by atoms with Crippen LogP contribution in [0.2, 0.25) is 0 Å². The highest BCUT2D eigenvalue weighted by Crippen LogP contribution is 2.41. The number of carbonyl (C=O) groups excluding carboxylic acids is 1. The zero-order valence-electron chi connectivity index (χ0n) is 12.7. The van der Waals surface area contributed by atoms with Crippen LogP contribution in [0.3, 0.4) is 0 Å². The molecule has 0 saturated carbocycles. The Morgan fingerprint density at radius 2 is 1.78 bits per heavy atom. The molecular formula is C18H17NO4. The smallest absolute Gasteiger partial charge is 0.309 e. The van der Waals surface area contributed by atoms with Crippen molar-refractivity contribution in [2.75, 3.05) is 12.0 Å². The number of carboxylic acids is 1. The lowest BCUT2D eigenvalue weighted by Gasteiger charge is -2.27. The molecule has 0 spiro atoms. The maximum atomic E-state index is 12.5. The first-order valence-electron chi connectivity index (χ1n) is 7.35. The van der Waals surface area contributed by atoms with Crippen LogP contribution < -0.4 is 9.64 Å². The first-order valence-corrected chi connectivity index (χ1v) is 7.35. The quantitative estimate of drug-likeness (QED) is 0.943. The van der Waals surface area contributed by atoms with Crippen LogP contribution in [-0.2, 0) is 9.59 Å². The number of nitrogens with zero attached hydrogens (tertiary/aromatic N) is 1. The second-order valence-corrected chi connectivity index (χ2v) is 5.47. The molecule has 0 aromatic heterocycles. The van der Waals surface area contributed by atoms with Gasteiger partial charge in [0.1, 0.15) is 5.75 Å².